The van der Waals surface area contributed by atoms with Gasteiger partial charge in [0.2, 0.25) is 0 Å². The summed E-state index contributed by atoms with van der Waals surface area (Å²) in [4.78, 5) is 50.7. The number of benzene rings is 3. The third-order valence-corrected chi connectivity index (χ3v) is 8.98. The van der Waals surface area contributed by atoms with Crippen molar-refractivity contribution in [3.05, 3.63) is 87.5 Å². The van der Waals surface area contributed by atoms with Crippen LogP contribution in [0.3, 0.4) is 0 Å². The van der Waals surface area contributed by atoms with Gasteiger partial charge in [0.15, 0.2) is 23.1 Å². The van der Waals surface area contributed by atoms with Gasteiger partial charge in [-0.2, -0.15) is 0 Å². The van der Waals surface area contributed by atoms with Gasteiger partial charge in [-0.3, -0.25) is 19.2 Å². The summed E-state index contributed by atoms with van der Waals surface area (Å²) in [6, 6.07) is 14.7. The minimum atomic E-state index is -1.43. The van der Waals surface area contributed by atoms with Gasteiger partial charge >= 0.3 is 0 Å². The SMILES string of the molecule is CC(=O)c1cccc(P(c2ccc(C)c(C)c2C)c2cccc(C(C)=O)c2C(C)=O)c1C(C)=O. The Morgan fingerprint density at radius 3 is 1.35 bits per heavy atom. The average Bonchev–Trinajstić information content (AvgIpc) is 2.78. The average molecular weight is 473 g/mol. The second-order valence-electron chi connectivity index (χ2n) is 8.61. The molecule has 0 aliphatic rings. The molecule has 4 nitrogen and oxygen atoms in total. The zero-order valence-corrected chi connectivity index (χ0v) is 21.6. The Kier molecular flexibility index (Phi) is 7.43. The van der Waals surface area contributed by atoms with E-state index in [1.54, 1.807) is 24.3 Å². The lowest BCUT2D eigenvalue weighted by molar-refractivity contribution is 0.0981. The standard InChI is InChI=1S/C29H29O4P/c1-16-14-15-25(18(3)17(16)2)34(26-12-8-10-23(19(4)30)28(26)21(6)32)27-13-9-11-24(20(5)31)29(27)22(7)33/h8-15H,1-7H3. The van der Waals surface area contributed by atoms with Crippen LogP contribution in [-0.2, 0) is 0 Å². The van der Waals surface area contributed by atoms with Gasteiger partial charge in [-0.1, -0.05) is 48.5 Å². The normalized spacial score (nSPS) is 10.9. The monoisotopic (exact) mass is 472 g/mol. The van der Waals surface area contributed by atoms with Crippen LogP contribution < -0.4 is 15.9 Å². The molecule has 0 heterocycles. The maximum atomic E-state index is 12.9. The summed E-state index contributed by atoms with van der Waals surface area (Å²) in [5, 5.41) is 2.42. The quantitative estimate of drug-likeness (QED) is 0.351. The highest BCUT2D eigenvalue weighted by atomic mass is 31.1. The second-order valence-corrected chi connectivity index (χ2v) is 10.7. The topological polar surface area (TPSA) is 68.3 Å². The number of carbonyl (C=O) groups excluding carboxylic acids is 4. The van der Waals surface area contributed by atoms with Crippen LogP contribution in [0.4, 0.5) is 0 Å². The first kappa shape index (κ1) is 25.4. The smallest absolute Gasteiger partial charge is 0.161 e. The largest absolute Gasteiger partial charge is 0.294 e. The number of rotatable bonds is 7. The number of hydrogen-bond acceptors (Lipinski definition) is 4. The number of ketones is 4. The predicted octanol–water partition coefficient (Wildman–Crippen LogP) is 5.18. The summed E-state index contributed by atoms with van der Waals surface area (Å²) in [7, 11) is -1.43. The van der Waals surface area contributed by atoms with E-state index in [4.69, 9.17) is 0 Å². The molecule has 0 fully saturated rings. The molecule has 0 bridgehead atoms. The van der Waals surface area contributed by atoms with Crippen molar-refractivity contribution >= 4 is 47.0 Å². The molecule has 0 aliphatic carbocycles. The summed E-state index contributed by atoms with van der Waals surface area (Å²) in [6.07, 6.45) is 0. The van der Waals surface area contributed by atoms with E-state index in [0.29, 0.717) is 32.9 Å². The Morgan fingerprint density at radius 1 is 0.529 bits per heavy atom. The fourth-order valence-corrected chi connectivity index (χ4v) is 7.33. The summed E-state index contributed by atoms with van der Waals surface area (Å²) < 4.78 is 0. The van der Waals surface area contributed by atoms with E-state index in [9.17, 15) is 19.2 Å². The molecule has 3 aromatic carbocycles. The van der Waals surface area contributed by atoms with E-state index in [-0.39, 0.29) is 23.1 Å². The van der Waals surface area contributed by atoms with Gasteiger partial charge in [-0.05, 0) is 89.0 Å². The molecule has 0 amide bonds. The molecule has 0 spiro atoms. The summed E-state index contributed by atoms with van der Waals surface area (Å²) in [5.74, 6) is -0.796. The Hall–Kier alpha value is -3.23. The highest BCUT2D eigenvalue weighted by Gasteiger charge is 2.30. The van der Waals surface area contributed by atoms with E-state index < -0.39 is 7.92 Å². The first-order valence-electron chi connectivity index (χ1n) is 11.1. The van der Waals surface area contributed by atoms with E-state index in [1.165, 1.54) is 27.7 Å². The van der Waals surface area contributed by atoms with Crippen molar-refractivity contribution < 1.29 is 19.2 Å². The molecular weight excluding hydrogens is 443 g/mol. The van der Waals surface area contributed by atoms with Crippen molar-refractivity contribution in [2.24, 2.45) is 0 Å². The van der Waals surface area contributed by atoms with E-state index in [0.717, 1.165) is 22.0 Å². The lowest BCUT2D eigenvalue weighted by Gasteiger charge is -2.27. The minimum absolute atomic E-state index is 0.192. The van der Waals surface area contributed by atoms with Crippen LogP contribution >= 0.6 is 7.92 Å². The van der Waals surface area contributed by atoms with Crippen LogP contribution in [0, 0.1) is 20.8 Å². The fraction of sp³-hybridized carbons (Fsp3) is 0.241. The molecule has 3 aromatic rings. The van der Waals surface area contributed by atoms with Crippen molar-refractivity contribution in [3.8, 4) is 0 Å². The first-order valence-corrected chi connectivity index (χ1v) is 12.5. The molecule has 0 saturated heterocycles. The number of Topliss-reactive ketones (excluding diaryl/α,β-unsaturated/α-hetero) is 4. The molecule has 0 atom stereocenters. The highest BCUT2D eigenvalue weighted by molar-refractivity contribution is 7.80. The third-order valence-electron chi connectivity index (χ3n) is 6.30. The molecule has 34 heavy (non-hydrogen) atoms. The molecule has 0 unspecified atom stereocenters. The maximum absolute atomic E-state index is 12.9. The van der Waals surface area contributed by atoms with Crippen molar-refractivity contribution in [1.82, 2.24) is 0 Å². The molecule has 0 aromatic heterocycles. The molecule has 0 radical (unpaired) electrons. The van der Waals surface area contributed by atoms with Crippen molar-refractivity contribution in [3.63, 3.8) is 0 Å². The Morgan fingerprint density at radius 2 is 0.971 bits per heavy atom. The van der Waals surface area contributed by atoms with Gasteiger partial charge in [-0.15, -0.1) is 0 Å². The second kappa shape index (κ2) is 9.95. The molecular formula is C29H29O4P. The van der Waals surface area contributed by atoms with Crippen LogP contribution in [0.25, 0.3) is 0 Å². The number of aryl methyl sites for hydroxylation is 1. The molecule has 3 rings (SSSR count). The van der Waals surface area contributed by atoms with Gasteiger partial charge in [0.05, 0.1) is 0 Å². The van der Waals surface area contributed by atoms with Crippen LogP contribution in [0.1, 0.15) is 85.8 Å². The zero-order chi connectivity index (χ0) is 25.3. The van der Waals surface area contributed by atoms with Crippen LogP contribution in [0.2, 0.25) is 0 Å². The highest BCUT2D eigenvalue weighted by Crippen LogP contribution is 2.39. The predicted molar refractivity (Wildman–Crippen MR) is 139 cm³/mol. The van der Waals surface area contributed by atoms with Crippen molar-refractivity contribution in [2.75, 3.05) is 0 Å². The third kappa shape index (κ3) is 4.56. The molecule has 0 aliphatic heterocycles. The van der Waals surface area contributed by atoms with Gasteiger partial charge < -0.3 is 0 Å². The minimum Gasteiger partial charge on any atom is -0.294 e. The Bertz CT molecular complexity index is 1270. The Labute approximate surface area is 202 Å². The summed E-state index contributed by atoms with van der Waals surface area (Å²) in [6.45, 7) is 12.0. The maximum Gasteiger partial charge on any atom is 0.161 e. The van der Waals surface area contributed by atoms with Crippen molar-refractivity contribution in [1.29, 1.82) is 0 Å². The summed E-state index contributed by atoms with van der Waals surface area (Å²) in [5.41, 5.74) is 4.82. The number of carbonyl (C=O) groups is 4. The van der Waals surface area contributed by atoms with Gasteiger partial charge in [-0.25, -0.2) is 0 Å². The van der Waals surface area contributed by atoms with Crippen molar-refractivity contribution in [2.45, 2.75) is 48.5 Å². The summed E-state index contributed by atoms with van der Waals surface area (Å²) >= 11 is 0. The molecule has 5 heteroatoms. The molecule has 0 saturated carbocycles. The Balaban J connectivity index is 2.55. The van der Waals surface area contributed by atoms with Crippen LogP contribution in [0.5, 0.6) is 0 Å². The van der Waals surface area contributed by atoms with E-state index in [2.05, 4.69) is 6.92 Å². The fourth-order valence-electron chi connectivity index (χ4n) is 4.35. The first-order chi connectivity index (χ1) is 16.0. The van der Waals surface area contributed by atoms with Crippen LogP contribution in [0.15, 0.2) is 48.5 Å². The lowest BCUT2D eigenvalue weighted by Crippen LogP contribution is -2.31. The lowest BCUT2D eigenvalue weighted by atomic mass is 10.0. The zero-order valence-electron chi connectivity index (χ0n) is 20.7. The van der Waals surface area contributed by atoms with Gasteiger partial charge in [0, 0.05) is 22.3 Å². The van der Waals surface area contributed by atoms with Crippen LogP contribution in [-0.4, -0.2) is 23.1 Å². The van der Waals surface area contributed by atoms with Gasteiger partial charge in [0.25, 0.3) is 0 Å². The van der Waals surface area contributed by atoms with E-state index in [1.807, 2.05) is 38.1 Å². The van der Waals surface area contributed by atoms with Gasteiger partial charge in [0.1, 0.15) is 0 Å². The number of hydrogen-bond donors (Lipinski definition) is 0. The van der Waals surface area contributed by atoms with E-state index >= 15 is 0 Å². The molecule has 174 valence electrons. The molecule has 0 N–H and O–H groups in total.